The molecular formula is C19H23NO5. The van der Waals surface area contributed by atoms with Crippen LogP contribution in [-0.4, -0.2) is 35.9 Å². The van der Waals surface area contributed by atoms with Crippen molar-refractivity contribution in [3.05, 3.63) is 42.0 Å². The standard InChI is InChI=1S/C19H23NO5/c1-19(2,3)25-18(23)20-15(17(22)24-4)11-12-9-10-16(21)14-8-6-5-7-13(12)14/h5-10,15,21H,11H2,1-4H3,(H,20,23). The van der Waals surface area contributed by atoms with E-state index in [9.17, 15) is 14.7 Å². The number of hydrogen-bond acceptors (Lipinski definition) is 5. The summed E-state index contributed by atoms with van der Waals surface area (Å²) in [5.74, 6) is -0.405. The van der Waals surface area contributed by atoms with Crippen LogP contribution in [0.5, 0.6) is 5.75 Å². The lowest BCUT2D eigenvalue weighted by Crippen LogP contribution is -2.45. The fraction of sp³-hybridized carbons (Fsp3) is 0.368. The molecule has 0 spiro atoms. The van der Waals surface area contributed by atoms with Gasteiger partial charge in [-0.15, -0.1) is 0 Å². The smallest absolute Gasteiger partial charge is 0.408 e. The number of carbonyl (C=O) groups excluding carboxylic acids is 2. The number of alkyl carbamates (subject to hydrolysis) is 1. The molecule has 0 fully saturated rings. The van der Waals surface area contributed by atoms with Gasteiger partial charge in [0.15, 0.2) is 0 Å². The van der Waals surface area contributed by atoms with Gasteiger partial charge in [0, 0.05) is 11.8 Å². The highest BCUT2D eigenvalue weighted by atomic mass is 16.6. The highest BCUT2D eigenvalue weighted by Gasteiger charge is 2.26. The molecule has 0 saturated heterocycles. The molecule has 0 heterocycles. The van der Waals surface area contributed by atoms with Gasteiger partial charge in [0.25, 0.3) is 0 Å². The van der Waals surface area contributed by atoms with Gasteiger partial charge in [0.2, 0.25) is 0 Å². The van der Waals surface area contributed by atoms with Gasteiger partial charge in [-0.2, -0.15) is 0 Å². The number of nitrogens with one attached hydrogen (secondary N) is 1. The van der Waals surface area contributed by atoms with Crippen LogP contribution in [0.25, 0.3) is 10.8 Å². The summed E-state index contributed by atoms with van der Waals surface area (Å²) in [6, 6.07) is 9.72. The molecule has 1 unspecified atom stereocenters. The fourth-order valence-electron chi connectivity index (χ4n) is 2.53. The Bertz CT molecular complexity index is 779. The summed E-state index contributed by atoms with van der Waals surface area (Å²) in [5.41, 5.74) is 0.135. The molecule has 0 aliphatic carbocycles. The number of carbonyl (C=O) groups is 2. The Kier molecular flexibility index (Phi) is 5.51. The predicted octanol–water partition coefficient (Wildman–Crippen LogP) is 3.15. The maximum Gasteiger partial charge on any atom is 0.408 e. The summed E-state index contributed by atoms with van der Waals surface area (Å²) >= 11 is 0. The summed E-state index contributed by atoms with van der Waals surface area (Å²) in [6.45, 7) is 5.23. The number of benzene rings is 2. The van der Waals surface area contributed by atoms with Crippen LogP contribution in [0.4, 0.5) is 4.79 Å². The predicted molar refractivity (Wildman–Crippen MR) is 94.5 cm³/mol. The van der Waals surface area contributed by atoms with Crippen molar-refractivity contribution in [1.29, 1.82) is 0 Å². The van der Waals surface area contributed by atoms with E-state index in [-0.39, 0.29) is 12.2 Å². The van der Waals surface area contributed by atoms with Gasteiger partial charge in [-0.1, -0.05) is 30.3 Å². The van der Waals surface area contributed by atoms with Gasteiger partial charge in [-0.25, -0.2) is 9.59 Å². The largest absolute Gasteiger partial charge is 0.507 e. The van der Waals surface area contributed by atoms with Crippen LogP contribution in [0, 0.1) is 0 Å². The lowest BCUT2D eigenvalue weighted by molar-refractivity contribution is -0.143. The van der Waals surface area contributed by atoms with E-state index in [1.54, 1.807) is 39.0 Å². The Labute approximate surface area is 146 Å². The van der Waals surface area contributed by atoms with Crippen molar-refractivity contribution in [2.24, 2.45) is 0 Å². The number of esters is 1. The number of rotatable bonds is 4. The highest BCUT2D eigenvalue weighted by molar-refractivity contribution is 5.91. The molecule has 2 aromatic rings. The second-order valence-electron chi connectivity index (χ2n) is 6.72. The number of hydrogen-bond donors (Lipinski definition) is 2. The fourth-order valence-corrected chi connectivity index (χ4v) is 2.53. The zero-order valence-corrected chi connectivity index (χ0v) is 14.8. The Hall–Kier alpha value is -2.76. The number of phenolic OH excluding ortho intramolecular Hbond substituents is 1. The second kappa shape index (κ2) is 7.42. The zero-order chi connectivity index (χ0) is 18.6. The third kappa shape index (κ3) is 4.86. The van der Waals surface area contributed by atoms with E-state index in [1.807, 2.05) is 18.2 Å². The van der Waals surface area contributed by atoms with E-state index >= 15 is 0 Å². The number of phenols is 1. The van der Waals surface area contributed by atoms with Gasteiger partial charge < -0.3 is 19.9 Å². The van der Waals surface area contributed by atoms with E-state index in [0.29, 0.717) is 5.39 Å². The van der Waals surface area contributed by atoms with Crippen LogP contribution in [-0.2, 0) is 20.7 Å². The quantitative estimate of drug-likeness (QED) is 0.832. The molecule has 0 saturated carbocycles. The van der Waals surface area contributed by atoms with Crippen LogP contribution in [0.15, 0.2) is 36.4 Å². The molecule has 2 rings (SSSR count). The number of ether oxygens (including phenoxy) is 2. The third-order valence-corrected chi connectivity index (χ3v) is 3.59. The van der Waals surface area contributed by atoms with E-state index in [4.69, 9.17) is 9.47 Å². The normalized spacial score (nSPS) is 12.5. The second-order valence-corrected chi connectivity index (χ2v) is 6.72. The molecule has 6 nitrogen and oxygen atoms in total. The van der Waals surface area contributed by atoms with Crippen LogP contribution in [0.3, 0.4) is 0 Å². The van der Waals surface area contributed by atoms with Gasteiger partial charge >= 0.3 is 12.1 Å². The van der Waals surface area contributed by atoms with Crippen molar-refractivity contribution in [3.8, 4) is 5.75 Å². The maximum atomic E-state index is 12.1. The molecule has 134 valence electrons. The summed E-state index contributed by atoms with van der Waals surface area (Å²) in [5, 5.41) is 14.0. The summed E-state index contributed by atoms with van der Waals surface area (Å²) in [6.07, 6.45) is -0.474. The first-order valence-corrected chi connectivity index (χ1v) is 7.98. The van der Waals surface area contributed by atoms with E-state index < -0.39 is 23.7 Å². The van der Waals surface area contributed by atoms with Gasteiger partial charge in [-0.05, 0) is 37.8 Å². The molecule has 0 aromatic heterocycles. The molecule has 2 aromatic carbocycles. The monoisotopic (exact) mass is 345 g/mol. The first-order chi connectivity index (χ1) is 11.7. The first kappa shape index (κ1) is 18.6. The molecule has 0 bridgehead atoms. The first-order valence-electron chi connectivity index (χ1n) is 7.98. The number of amides is 1. The topological polar surface area (TPSA) is 84.9 Å². The Morgan fingerprint density at radius 2 is 1.76 bits per heavy atom. The molecule has 25 heavy (non-hydrogen) atoms. The summed E-state index contributed by atoms with van der Waals surface area (Å²) < 4.78 is 10.0. The highest BCUT2D eigenvalue weighted by Crippen LogP contribution is 2.28. The van der Waals surface area contributed by atoms with Crippen LogP contribution >= 0.6 is 0 Å². The van der Waals surface area contributed by atoms with Crippen molar-refractivity contribution < 1.29 is 24.2 Å². The van der Waals surface area contributed by atoms with Crippen molar-refractivity contribution >= 4 is 22.8 Å². The van der Waals surface area contributed by atoms with Crippen molar-refractivity contribution in [2.75, 3.05) is 7.11 Å². The SMILES string of the molecule is COC(=O)C(Cc1ccc(O)c2ccccc12)NC(=O)OC(C)(C)C. The molecule has 0 aliphatic rings. The molecule has 6 heteroatoms. The van der Waals surface area contributed by atoms with Gasteiger partial charge in [0.05, 0.1) is 7.11 Å². The molecule has 0 aliphatic heterocycles. The number of fused-ring (bicyclic) bond motifs is 1. The molecule has 1 amide bonds. The summed E-state index contributed by atoms with van der Waals surface area (Å²) in [4.78, 5) is 24.1. The third-order valence-electron chi connectivity index (χ3n) is 3.59. The van der Waals surface area contributed by atoms with Gasteiger partial charge in [-0.3, -0.25) is 0 Å². The Morgan fingerprint density at radius 1 is 1.12 bits per heavy atom. The Balaban J connectivity index is 2.28. The lowest BCUT2D eigenvalue weighted by Gasteiger charge is -2.23. The number of methoxy groups -OCH3 is 1. The molecule has 0 radical (unpaired) electrons. The minimum atomic E-state index is -0.896. The zero-order valence-electron chi connectivity index (χ0n) is 14.8. The lowest BCUT2D eigenvalue weighted by atomic mass is 9.98. The Morgan fingerprint density at radius 3 is 2.36 bits per heavy atom. The average molecular weight is 345 g/mol. The maximum absolute atomic E-state index is 12.1. The van der Waals surface area contributed by atoms with Crippen molar-refractivity contribution in [1.82, 2.24) is 5.32 Å². The van der Waals surface area contributed by atoms with Crippen LogP contribution < -0.4 is 5.32 Å². The van der Waals surface area contributed by atoms with Crippen molar-refractivity contribution in [3.63, 3.8) is 0 Å². The van der Waals surface area contributed by atoms with E-state index in [2.05, 4.69) is 5.32 Å². The average Bonchev–Trinajstić information content (AvgIpc) is 2.54. The minimum absolute atomic E-state index is 0.161. The van der Waals surface area contributed by atoms with Crippen LogP contribution in [0.1, 0.15) is 26.3 Å². The molecule has 2 N–H and O–H groups in total. The van der Waals surface area contributed by atoms with Gasteiger partial charge in [0.1, 0.15) is 17.4 Å². The summed E-state index contributed by atoms with van der Waals surface area (Å²) in [7, 11) is 1.26. The molecule has 1 atom stereocenters. The minimum Gasteiger partial charge on any atom is -0.507 e. The van der Waals surface area contributed by atoms with E-state index in [0.717, 1.165) is 10.9 Å². The van der Waals surface area contributed by atoms with E-state index in [1.165, 1.54) is 7.11 Å². The molecular weight excluding hydrogens is 322 g/mol. The van der Waals surface area contributed by atoms with Crippen molar-refractivity contribution in [2.45, 2.75) is 38.8 Å². The van der Waals surface area contributed by atoms with Crippen LogP contribution in [0.2, 0.25) is 0 Å². The number of aromatic hydroxyl groups is 1.